The number of halogens is 1. The van der Waals surface area contributed by atoms with Crippen molar-refractivity contribution in [3.05, 3.63) is 65.8 Å². The van der Waals surface area contributed by atoms with Gasteiger partial charge in [-0.25, -0.2) is 4.98 Å². The van der Waals surface area contributed by atoms with E-state index in [1.54, 1.807) is 6.20 Å². The molecular weight excluding hydrogens is 276 g/mol. The van der Waals surface area contributed by atoms with E-state index in [1.165, 1.54) is 0 Å². The highest BCUT2D eigenvalue weighted by Crippen LogP contribution is 2.30. The Morgan fingerprint density at radius 1 is 1.18 bits per heavy atom. The second-order valence-electron chi connectivity index (χ2n) is 3.54. The zero-order chi connectivity index (χ0) is 12.1. The molecule has 0 N–H and O–H groups in total. The van der Waals surface area contributed by atoms with Crippen LogP contribution in [0.1, 0.15) is 0 Å². The van der Waals surface area contributed by atoms with E-state index in [0.717, 1.165) is 22.5 Å². The number of benzene rings is 1. The number of para-hydroxylation sites is 1. The molecule has 0 amide bonds. The van der Waals surface area contributed by atoms with Crippen LogP contribution in [-0.2, 0) is 0 Å². The Hall–Kier alpha value is -1.61. The van der Waals surface area contributed by atoms with Crippen LogP contribution in [0.15, 0.2) is 65.8 Å². The molecule has 17 heavy (non-hydrogen) atoms. The lowest BCUT2D eigenvalue weighted by Gasteiger charge is -2.23. The van der Waals surface area contributed by atoms with Crippen molar-refractivity contribution in [3.8, 4) is 0 Å². The lowest BCUT2D eigenvalue weighted by molar-refractivity contribution is 1.04. The Bertz CT molecular complexity index is 497. The second-order valence-corrected chi connectivity index (χ2v) is 4.39. The molecule has 0 atom stereocenters. The van der Waals surface area contributed by atoms with E-state index in [2.05, 4.69) is 38.5 Å². The number of anilines is 2. The summed E-state index contributed by atoms with van der Waals surface area (Å²) >= 11 is 3.56. The standard InChI is InChI=1S/C14H13BrN2/c1-2-11-17(14-9-5-6-10-16-14)13-8-4-3-7-12(13)15/h2-10H,1,11H2. The zero-order valence-electron chi connectivity index (χ0n) is 9.38. The van der Waals surface area contributed by atoms with Crippen molar-refractivity contribution in [2.45, 2.75) is 0 Å². The first-order valence-electron chi connectivity index (χ1n) is 5.37. The van der Waals surface area contributed by atoms with Gasteiger partial charge in [-0.2, -0.15) is 0 Å². The topological polar surface area (TPSA) is 16.1 Å². The molecule has 0 saturated heterocycles. The summed E-state index contributed by atoms with van der Waals surface area (Å²) < 4.78 is 1.05. The summed E-state index contributed by atoms with van der Waals surface area (Å²) in [6.07, 6.45) is 3.66. The number of nitrogens with zero attached hydrogens (tertiary/aromatic N) is 2. The highest BCUT2D eigenvalue weighted by atomic mass is 79.9. The van der Waals surface area contributed by atoms with Gasteiger partial charge in [0.2, 0.25) is 0 Å². The van der Waals surface area contributed by atoms with Crippen LogP contribution < -0.4 is 4.90 Å². The fraction of sp³-hybridized carbons (Fsp3) is 0.0714. The minimum Gasteiger partial charge on any atom is -0.321 e. The molecule has 0 radical (unpaired) electrons. The molecule has 0 aliphatic carbocycles. The van der Waals surface area contributed by atoms with E-state index in [9.17, 15) is 0 Å². The lowest BCUT2D eigenvalue weighted by Crippen LogP contribution is -2.18. The summed E-state index contributed by atoms with van der Waals surface area (Å²) in [5.74, 6) is 0.916. The van der Waals surface area contributed by atoms with E-state index >= 15 is 0 Å². The van der Waals surface area contributed by atoms with Crippen molar-refractivity contribution < 1.29 is 0 Å². The smallest absolute Gasteiger partial charge is 0.133 e. The summed E-state index contributed by atoms with van der Waals surface area (Å²) in [6, 6.07) is 14.0. The van der Waals surface area contributed by atoms with E-state index in [4.69, 9.17) is 0 Å². The summed E-state index contributed by atoms with van der Waals surface area (Å²) in [4.78, 5) is 6.48. The van der Waals surface area contributed by atoms with Crippen LogP contribution in [0.25, 0.3) is 0 Å². The molecule has 0 saturated carbocycles. The molecule has 0 unspecified atom stereocenters. The third-order valence-electron chi connectivity index (χ3n) is 2.38. The normalized spacial score (nSPS) is 9.94. The molecule has 0 spiro atoms. The van der Waals surface area contributed by atoms with Crippen molar-refractivity contribution >= 4 is 27.4 Å². The van der Waals surface area contributed by atoms with Crippen LogP contribution in [0.4, 0.5) is 11.5 Å². The fourth-order valence-corrected chi connectivity index (χ4v) is 2.13. The molecular formula is C14H13BrN2. The van der Waals surface area contributed by atoms with Crippen LogP contribution >= 0.6 is 15.9 Å². The number of hydrogen-bond acceptors (Lipinski definition) is 2. The Morgan fingerprint density at radius 2 is 1.94 bits per heavy atom. The molecule has 1 aromatic carbocycles. The van der Waals surface area contributed by atoms with Gasteiger partial charge in [-0.3, -0.25) is 0 Å². The Kier molecular flexibility index (Phi) is 3.94. The molecule has 2 aromatic rings. The van der Waals surface area contributed by atoms with Crippen LogP contribution in [0.3, 0.4) is 0 Å². The Morgan fingerprint density at radius 3 is 2.59 bits per heavy atom. The molecule has 1 heterocycles. The van der Waals surface area contributed by atoms with Crippen molar-refractivity contribution in [1.29, 1.82) is 0 Å². The van der Waals surface area contributed by atoms with Gasteiger partial charge in [0.05, 0.1) is 5.69 Å². The van der Waals surface area contributed by atoms with Crippen molar-refractivity contribution in [1.82, 2.24) is 4.98 Å². The number of rotatable bonds is 4. The highest BCUT2D eigenvalue weighted by Gasteiger charge is 2.10. The number of hydrogen-bond donors (Lipinski definition) is 0. The van der Waals surface area contributed by atoms with Gasteiger partial charge in [-0.05, 0) is 40.2 Å². The average Bonchev–Trinajstić information content (AvgIpc) is 2.38. The van der Waals surface area contributed by atoms with Crippen LogP contribution in [-0.4, -0.2) is 11.5 Å². The molecule has 3 heteroatoms. The quantitative estimate of drug-likeness (QED) is 0.785. The summed E-state index contributed by atoms with van der Waals surface area (Å²) in [5, 5.41) is 0. The average molecular weight is 289 g/mol. The Balaban J connectivity index is 2.43. The van der Waals surface area contributed by atoms with Crippen LogP contribution in [0, 0.1) is 0 Å². The molecule has 0 aliphatic rings. The van der Waals surface area contributed by atoms with Gasteiger partial charge in [0.25, 0.3) is 0 Å². The van der Waals surface area contributed by atoms with Gasteiger partial charge < -0.3 is 4.90 Å². The summed E-state index contributed by atoms with van der Waals surface area (Å²) in [7, 11) is 0. The predicted molar refractivity (Wildman–Crippen MR) is 75.6 cm³/mol. The van der Waals surface area contributed by atoms with E-state index in [0.29, 0.717) is 0 Å². The lowest BCUT2D eigenvalue weighted by atomic mass is 10.2. The third kappa shape index (κ3) is 2.74. The molecule has 0 fully saturated rings. The van der Waals surface area contributed by atoms with Crippen molar-refractivity contribution in [2.24, 2.45) is 0 Å². The van der Waals surface area contributed by atoms with Crippen molar-refractivity contribution in [3.63, 3.8) is 0 Å². The number of aromatic nitrogens is 1. The van der Waals surface area contributed by atoms with Gasteiger partial charge >= 0.3 is 0 Å². The largest absolute Gasteiger partial charge is 0.321 e. The Labute approximate surface area is 110 Å². The SMILES string of the molecule is C=CCN(c1ccccn1)c1ccccc1Br. The second kappa shape index (κ2) is 5.64. The van der Waals surface area contributed by atoms with E-state index in [-0.39, 0.29) is 0 Å². The summed E-state index contributed by atoms with van der Waals surface area (Å²) in [6.45, 7) is 4.52. The monoisotopic (exact) mass is 288 g/mol. The maximum Gasteiger partial charge on any atom is 0.133 e. The maximum absolute atomic E-state index is 4.37. The van der Waals surface area contributed by atoms with Gasteiger partial charge in [-0.15, -0.1) is 6.58 Å². The minimum atomic E-state index is 0.722. The maximum atomic E-state index is 4.37. The fourth-order valence-electron chi connectivity index (χ4n) is 1.63. The van der Waals surface area contributed by atoms with E-state index < -0.39 is 0 Å². The van der Waals surface area contributed by atoms with Crippen LogP contribution in [0.5, 0.6) is 0 Å². The minimum absolute atomic E-state index is 0.722. The van der Waals surface area contributed by atoms with Crippen LogP contribution in [0.2, 0.25) is 0 Å². The molecule has 0 aliphatic heterocycles. The highest BCUT2D eigenvalue weighted by molar-refractivity contribution is 9.10. The third-order valence-corrected chi connectivity index (χ3v) is 3.05. The number of pyridine rings is 1. The zero-order valence-corrected chi connectivity index (χ0v) is 11.0. The molecule has 1 aromatic heterocycles. The van der Waals surface area contributed by atoms with Gasteiger partial charge in [-0.1, -0.05) is 24.3 Å². The first-order chi connectivity index (χ1) is 8.33. The molecule has 2 nitrogen and oxygen atoms in total. The van der Waals surface area contributed by atoms with Crippen molar-refractivity contribution in [2.75, 3.05) is 11.4 Å². The van der Waals surface area contributed by atoms with Gasteiger partial charge in [0.1, 0.15) is 5.82 Å². The summed E-state index contributed by atoms with van der Waals surface area (Å²) in [5.41, 5.74) is 1.09. The molecule has 86 valence electrons. The molecule has 2 rings (SSSR count). The predicted octanol–water partition coefficient (Wildman–Crippen LogP) is 4.17. The van der Waals surface area contributed by atoms with Gasteiger partial charge in [0.15, 0.2) is 0 Å². The van der Waals surface area contributed by atoms with E-state index in [1.807, 2.05) is 42.5 Å². The first-order valence-corrected chi connectivity index (χ1v) is 6.16. The first kappa shape index (κ1) is 11.9. The molecule has 0 bridgehead atoms. The van der Waals surface area contributed by atoms with Gasteiger partial charge in [0, 0.05) is 17.2 Å².